The van der Waals surface area contributed by atoms with Gasteiger partial charge in [0.15, 0.2) is 0 Å². The van der Waals surface area contributed by atoms with Crippen LogP contribution in [0.3, 0.4) is 0 Å². The predicted molar refractivity (Wildman–Crippen MR) is 68.5 cm³/mol. The van der Waals surface area contributed by atoms with Crippen LogP contribution in [0, 0.1) is 6.42 Å². The molecule has 1 radical (unpaired) electrons. The van der Waals surface area contributed by atoms with E-state index in [4.69, 9.17) is 0 Å². The first-order valence-corrected chi connectivity index (χ1v) is 6.81. The van der Waals surface area contributed by atoms with Crippen LogP contribution in [0.2, 0.25) is 0 Å². The molecule has 0 aromatic rings. The Kier molecular flexibility index (Phi) is 4.26. The van der Waals surface area contributed by atoms with Crippen LogP contribution in [0.15, 0.2) is 0 Å². The Hall–Kier alpha value is -0.770. The summed E-state index contributed by atoms with van der Waals surface area (Å²) < 4.78 is 0. The van der Waals surface area contributed by atoms with Crippen LogP contribution >= 0.6 is 0 Å². The van der Waals surface area contributed by atoms with Crippen molar-refractivity contribution in [1.82, 2.24) is 14.7 Å². The molecule has 4 nitrogen and oxygen atoms in total. The molecule has 2 amide bonds. The largest absolute Gasteiger partial charge is 0.325 e. The van der Waals surface area contributed by atoms with Crippen molar-refractivity contribution in [2.45, 2.75) is 38.8 Å². The van der Waals surface area contributed by atoms with E-state index in [2.05, 4.69) is 18.2 Å². The molecule has 0 unspecified atom stereocenters. The maximum Gasteiger partial charge on any atom is 0.321 e. The van der Waals surface area contributed by atoms with Crippen molar-refractivity contribution >= 4 is 6.03 Å². The molecule has 2 aliphatic rings. The second-order valence-corrected chi connectivity index (χ2v) is 5.00. The quantitative estimate of drug-likeness (QED) is 0.733. The van der Waals surface area contributed by atoms with Gasteiger partial charge in [0.05, 0.1) is 6.17 Å². The standard InChI is InChI=1S/C13H24N3O/c1-3-15-11-7-8-12(15)14(2)13(17)16-9-5-4-6-10-16/h4,12H,3,5-11H2,1-2H3/t12-/m1/s1. The summed E-state index contributed by atoms with van der Waals surface area (Å²) >= 11 is 0. The zero-order valence-electron chi connectivity index (χ0n) is 11.1. The molecule has 1 atom stereocenters. The third-order valence-corrected chi connectivity index (χ3v) is 3.96. The molecule has 17 heavy (non-hydrogen) atoms. The van der Waals surface area contributed by atoms with Gasteiger partial charge in [-0.2, -0.15) is 0 Å². The summed E-state index contributed by atoms with van der Waals surface area (Å²) in [6.45, 7) is 6.12. The van der Waals surface area contributed by atoms with Gasteiger partial charge < -0.3 is 9.80 Å². The maximum atomic E-state index is 12.4. The first-order valence-electron chi connectivity index (χ1n) is 6.81. The van der Waals surface area contributed by atoms with Crippen LogP contribution in [0.4, 0.5) is 4.79 Å². The summed E-state index contributed by atoms with van der Waals surface area (Å²) in [4.78, 5) is 18.7. The van der Waals surface area contributed by atoms with Crippen molar-refractivity contribution < 1.29 is 4.79 Å². The number of urea groups is 1. The smallest absolute Gasteiger partial charge is 0.321 e. The second-order valence-electron chi connectivity index (χ2n) is 5.00. The molecular weight excluding hydrogens is 214 g/mol. The fourth-order valence-electron chi connectivity index (χ4n) is 2.91. The zero-order chi connectivity index (χ0) is 12.3. The van der Waals surface area contributed by atoms with E-state index in [0.717, 1.165) is 45.4 Å². The minimum absolute atomic E-state index is 0.212. The average molecular weight is 238 g/mol. The van der Waals surface area contributed by atoms with Gasteiger partial charge in [0, 0.05) is 26.7 Å². The van der Waals surface area contributed by atoms with E-state index in [1.165, 1.54) is 6.42 Å². The summed E-state index contributed by atoms with van der Waals surface area (Å²) in [5, 5.41) is 0. The fraction of sp³-hybridized carbons (Fsp3) is 0.846. The summed E-state index contributed by atoms with van der Waals surface area (Å²) in [6, 6.07) is 0.212. The van der Waals surface area contributed by atoms with Gasteiger partial charge in [-0.15, -0.1) is 0 Å². The van der Waals surface area contributed by atoms with Gasteiger partial charge in [-0.05, 0) is 38.6 Å². The summed E-state index contributed by atoms with van der Waals surface area (Å²) in [5.41, 5.74) is 0. The number of nitrogens with zero attached hydrogens (tertiary/aromatic N) is 3. The Labute approximate surface area is 105 Å². The Morgan fingerprint density at radius 3 is 2.71 bits per heavy atom. The van der Waals surface area contributed by atoms with Crippen molar-refractivity contribution in [1.29, 1.82) is 0 Å². The van der Waals surface area contributed by atoms with Gasteiger partial charge in [0.2, 0.25) is 0 Å². The molecule has 2 heterocycles. The monoisotopic (exact) mass is 238 g/mol. The number of amides is 2. The van der Waals surface area contributed by atoms with E-state index in [1.807, 2.05) is 16.8 Å². The number of likely N-dealkylation sites (tertiary alicyclic amines) is 2. The minimum atomic E-state index is 0.212. The van der Waals surface area contributed by atoms with E-state index in [-0.39, 0.29) is 6.03 Å². The number of carbonyl (C=O) groups is 1. The molecule has 2 rings (SSSR count). The Balaban J connectivity index is 1.93. The highest BCUT2D eigenvalue weighted by Crippen LogP contribution is 2.21. The normalized spacial score (nSPS) is 26.2. The van der Waals surface area contributed by atoms with E-state index in [0.29, 0.717) is 6.17 Å². The first-order chi connectivity index (χ1) is 8.24. The van der Waals surface area contributed by atoms with Crippen LogP contribution in [0.5, 0.6) is 0 Å². The van der Waals surface area contributed by atoms with Gasteiger partial charge in [-0.25, -0.2) is 4.79 Å². The molecule has 0 aromatic carbocycles. The van der Waals surface area contributed by atoms with Crippen LogP contribution in [-0.2, 0) is 0 Å². The number of hydrogen-bond donors (Lipinski definition) is 0. The SMILES string of the molecule is CCN1CCC[C@@H]1N(C)C(=O)N1CC[CH]CC1. The number of carbonyl (C=O) groups excluding carboxylic acids is 1. The molecule has 4 heteroatoms. The molecule has 2 aliphatic heterocycles. The number of rotatable bonds is 2. The van der Waals surface area contributed by atoms with Gasteiger partial charge in [0.25, 0.3) is 0 Å². The van der Waals surface area contributed by atoms with E-state index < -0.39 is 0 Å². The lowest BCUT2D eigenvalue weighted by Gasteiger charge is -2.37. The van der Waals surface area contributed by atoms with Crippen LogP contribution in [0.1, 0.15) is 32.6 Å². The molecule has 0 aromatic heterocycles. The lowest BCUT2D eigenvalue weighted by molar-refractivity contribution is 0.0914. The zero-order valence-corrected chi connectivity index (χ0v) is 11.1. The number of hydrogen-bond acceptors (Lipinski definition) is 2. The van der Waals surface area contributed by atoms with Gasteiger partial charge in [0.1, 0.15) is 0 Å². The Bertz CT molecular complexity index is 263. The molecule has 0 spiro atoms. The number of piperidine rings is 1. The van der Waals surface area contributed by atoms with Gasteiger partial charge in [-0.3, -0.25) is 4.90 Å². The van der Waals surface area contributed by atoms with Gasteiger partial charge in [-0.1, -0.05) is 6.92 Å². The lowest BCUT2D eigenvalue weighted by atomic mass is 10.1. The maximum absolute atomic E-state index is 12.4. The molecule has 0 bridgehead atoms. The van der Waals surface area contributed by atoms with Crippen molar-refractivity contribution in [2.75, 3.05) is 33.2 Å². The Morgan fingerprint density at radius 1 is 1.35 bits per heavy atom. The van der Waals surface area contributed by atoms with Crippen LogP contribution < -0.4 is 0 Å². The lowest BCUT2D eigenvalue weighted by Crippen LogP contribution is -2.51. The second kappa shape index (κ2) is 5.71. The molecule has 2 saturated heterocycles. The first kappa shape index (κ1) is 12.7. The van der Waals surface area contributed by atoms with Crippen molar-refractivity contribution in [2.24, 2.45) is 0 Å². The molecule has 0 aliphatic carbocycles. The molecule has 0 saturated carbocycles. The Morgan fingerprint density at radius 2 is 2.06 bits per heavy atom. The fourth-order valence-corrected chi connectivity index (χ4v) is 2.91. The molecule has 2 fully saturated rings. The third kappa shape index (κ3) is 2.73. The van der Waals surface area contributed by atoms with Gasteiger partial charge >= 0.3 is 6.03 Å². The van der Waals surface area contributed by atoms with Crippen molar-refractivity contribution in [3.05, 3.63) is 6.42 Å². The summed E-state index contributed by atoms with van der Waals surface area (Å²) in [5.74, 6) is 0. The third-order valence-electron chi connectivity index (χ3n) is 3.96. The van der Waals surface area contributed by atoms with Crippen molar-refractivity contribution in [3.63, 3.8) is 0 Å². The highest BCUT2D eigenvalue weighted by atomic mass is 16.2. The molecule has 0 N–H and O–H groups in total. The van der Waals surface area contributed by atoms with Crippen molar-refractivity contribution in [3.8, 4) is 0 Å². The van der Waals surface area contributed by atoms with E-state index >= 15 is 0 Å². The predicted octanol–water partition coefficient (Wildman–Crippen LogP) is 1.78. The molecular formula is C13H24N3O. The highest BCUT2D eigenvalue weighted by molar-refractivity contribution is 5.74. The topological polar surface area (TPSA) is 26.8 Å². The summed E-state index contributed by atoms with van der Waals surface area (Å²) in [7, 11) is 1.96. The van der Waals surface area contributed by atoms with Crippen LogP contribution in [0.25, 0.3) is 0 Å². The highest BCUT2D eigenvalue weighted by Gasteiger charge is 2.31. The summed E-state index contributed by atoms with van der Waals surface area (Å²) in [6.07, 6.45) is 7.01. The van der Waals surface area contributed by atoms with E-state index in [1.54, 1.807) is 0 Å². The van der Waals surface area contributed by atoms with Crippen LogP contribution in [-0.4, -0.2) is 60.1 Å². The van der Waals surface area contributed by atoms with E-state index in [9.17, 15) is 4.79 Å². The average Bonchev–Trinajstić information content (AvgIpc) is 2.86. The molecule has 97 valence electrons. The minimum Gasteiger partial charge on any atom is -0.325 e.